The van der Waals surface area contributed by atoms with Crippen LogP contribution in [0.2, 0.25) is 5.02 Å². The van der Waals surface area contributed by atoms with Crippen molar-refractivity contribution in [2.75, 3.05) is 5.32 Å². The lowest BCUT2D eigenvalue weighted by molar-refractivity contribution is 0.102. The quantitative estimate of drug-likeness (QED) is 0.743. The molecule has 25 heavy (non-hydrogen) atoms. The topological polar surface area (TPSA) is 64.0 Å². The van der Waals surface area contributed by atoms with Crippen molar-refractivity contribution < 1.29 is 4.79 Å². The summed E-state index contributed by atoms with van der Waals surface area (Å²) in [4.78, 5) is 30.7. The van der Waals surface area contributed by atoms with E-state index in [2.05, 4.69) is 10.3 Å². The van der Waals surface area contributed by atoms with Gasteiger partial charge >= 0.3 is 0 Å². The van der Waals surface area contributed by atoms with Crippen LogP contribution in [0.1, 0.15) is 39.7 Å². The number of nitrogens with one attached hydrogen (secondary N) is 1. The molecule has 2 heterocycles. The van der Waals surface area contributed by atoms with Crippen LogP contribution in [0.5, 0.6) is 0 Å². The Bertz CT molecular complexity index is 1070. The molecule has 0 radical (unpaired) electrons. The molecule has 1 fully saturated rings. The van der Waals surface area contributed by atoms with Crippen LogP contribution in [0, 0.1) is 13.8 Å². The summed E-state index contributed by atoms with van der Waals surface area (Å²) in [6.07, 6.45) is 3.59. The maximum atomic E-state index is 12.8. The number of hydrogen-bond donors (Lipinski definition) is 1. The molecule has 0 aliphatic heterocycles. The molecule has 1 saturated carbocycles. The van der Waals surface area contributed by atoms with Crippen molar-refractivity contribution in [3.63, 3.8) is 0 Å². The number of anilines is 1. The first-order chi connectivity index (χ1) is 12.0. The molecule has 4 rings (SSSR count). The molecule has 3 aromatic rings. The number of amides is 1. The number of aromatic nitrogens is 2. The third-order valence-corrected chi connectivity index (χ3v) is 5.97. The number of carbonyl (C=O) groups excluding carboxylic acids is 1. The second kappa shape index (κ2) is 5.97. The maximum absolute atomic E-state index is 12.8. The van der Waals surface area contributed by atoms with Crippen LogP contribution in [0.25, 0.3) is 10.2 Å². The largest absolute Gasteiger partial charge is 0.322 e. The number of benzene rings is 1. The minimum atomic E-state index is -0.273. The Balaban J connectivity index is 1.77. The Hall–Kier alpha value is -2.18. The van der Waals surface area contributed by atoms with Crippen LogP contribution in [0.15, 0.2) is 29.3 Å². The van der Waals surface area contributed by atoms with Crippen molar-refractivity contribution >= 4 is 44.7 Å². The van der Waals surface area contributed by atoms with E-state index in [9.17, 15) is 9.59 Å². The van der Waals surface area contributed by atoms with Crippen LogP contribution < -0.4 is 10.9 Å². The van der Waals surface area contributed by atoms with Gasteiger partial charge in [0.05, 0.1) is 11.9 Å². The average molecular weight is 374 g/mol. The molecule has 1 N–H and O–H groups in total. The van der Waals surface area contributed by atoms with E-state index in [0.717, 1.165) is 23.3 Å². The maximum Gasteiger partial charge on any atom is 0.271 e. The smallest absolute Gasteiger partial charge is 0.271 e. The van der Waals surface area contributed by atoms with Gasteiger partial charge in [-0.05, 0) is 44.4 Å². The molecule has 1 aliphatic rings. The van der Waals surface area contributed by atoms with Crippen molar-refractivity contribution in [3.8, 4) is 0 Å². The van der Waals surface area contributed by atoms with Gasteiger partial charge in [0.15, 0.2) is 0 Å². The SMILES string of the molecule is Cc1sc2c(=O)n(C3CC3)cnc2c1C(=O)Nc1cccc(Cl)c1C. The molecule has 5 nitrogen and oxygen atoms in total. The first-order valence-electron chi connectivity index (χ1n) is 8.04. The predicted octanol–water partition coefficient (Wildman–Crippen LogP) is 4.32. The zero-order chi connectivity index (χ0) is 17.7. The summed E-state index contributed by atoms with van der Waals surface area (Å²) >= 11 is 7.44. The van der Waals surface area contributed by atoms with Gasteiger partial charge in [0.1, 0.15) is 10.2 Å². The number of carbonyl (C=O) groups is 1. The van der Waals surface area contributed by atoms with E-state index in [-0.39, 0.29) is 17.5 Å². The zero-order valence-corrected chi connectivity index (χ0v) is 15.4. The number of rotatable bonds is 3. The Morgan fingerprint density at radius 2 is 2.12 bits per heavy atom. The molecular formula is C18H16ClN3O2S. The molecule has 1 aliphatic carbocycles. The second-order valence-electron chi connectivity index (χ2n) is 6.27. The number of aryl methyl sites for hydroxylation is 1. The van der Waals surface area contributed by atoms with Crippen LogP contribution in [0.3, 0.4) is 0 Å². The van der Waals surface area contributed by atoms with E-state index in [1.165, 1.54) is 11.3 Å². The average Bonchev–Trinajstić information content (AvgIpc) is 3.34. The molecule has 1 amide bonds. The van der Waals surface area contributed by atoms with E-state index < -0.39 is 0 Å². The lowest BCUT2D eigenvalue weighted by atomic mass is 10.1. The fraction of sp³-hybridized carbons (Fsp3) is 0.278. The third-order valence-electron chi connectivity index (χ3n) is 4.48. The van der Waals surface area contributed by atoms with Crippen molar-refractivity contribution in [2.45, 2.75) is 32.7 Å². The highest BCUT2D eigenvalue weighted by Gasteiger charge is 2.27. The molecule has 0 spiro atoms. The molecule has 0 bridgehead atoms. The van der Waals surface area contributed by atoms with Crippen molar-refractivity contribution in [2.24, 2.45) is 0 Å². The summed E-state index contributed by atoms with van der Waals surface area (Å²) in [5.74, 6) is -0.273. The monoisotopic (exact) mass is 373 g/mol. The number of hydrogen-bond acceptors (Lipinski definition) is 4. The molecule has 2 aromatic heterocycles. The number of fused-ring (bicyclic) bond motifs is 1. The highest BCUT2D eigenvalue weighted by atomic mass is 35.5. The Kier molecular flexibility index (Phi) is 3.89. The molecular weight excluding hydrogens is 358 g/mol. The normalized spacial score (nSPS) is 14.0. The molecule has 0 atom stereocenters. The van der Waals surface area contributed by atoms with Gasteiger partial charge in [0.25, 0.3) is 11.5 Å². The van der Waals surface area contributed by atoms with Gasteiger partial charge in [-0.1, -0.05) is 17.7 Å². The molecule has 1 aromatic carbocycles. The summed E-state index contributed by atoms with van der Waals surface area (Å²) in [6, 6.07) is 5.63. The van der Waals surface area contributed by atoms with E-state index in [0.29, 0.717) is 26.5 Å². The zero-order valence-electron chi connectivity index (χ0n) is 13.8. The van der Waals surface area contributed by atoms with Gasteiger partial charge in [-0.2, -0.15) is 0 Å². The van der Waals surface area contributed by atoms with E-state index in [1.54, 1.807) is 29.1 Å². The summed E-state index contributed by atoms with van der Waals surface area (Å²) in [7, 11) is 0. The molecule has 0 saturated heterocycles. The Morgan fingerprint density at radius 1 is 1.36 bits per heavy atom. The summed E-state index contributed by atoms with van der Waals surface area (Å²) < 4.78 is 2.22. The van der Waals surface area contributed by atoms with E-state index in [1.807, 2.05) is 13.8 Å². The van der Waals surface area contributed by atoms with Crippen LogP contribution in [-0.2, 0) is 0 Å². The van der Waals surface area contributed by atoms with Gasteiger partial charge in [-0.25, -0.2) is 4.98 Å². The lowest BCUT2D eigenvalue weighted by Crippen LogP contribution is -2.19. The van der Waals surface area contributed by atoms with Crippen LogP contribution in [0.4, 0.5) is 5.69 Å². The minimum Gasteiger partial charge on any atom is -0.322 e. The van der Waals surface area contributed by atoms with E-state index in [4.69, 9.17) is 11.6 Å². The summed E-state index contributed by atoms with van der Waals surface area (Å²) in [6.45, 7) is 3.69. The highest BCUT2D eigenvalue weighted by Crippen LogP contribution is 2.35. The van der Waals surface area contributed by atoms with Crippen molar-refractivity contribution in [1.82, 2.24) is 9.55 Å². The van der Waals surface area contributed by atoms with E-state index >= 15 is 0 Å². The second-order valence-corrected chi connectivity index (χ2v) is 7.90. The van der Waals surface area contributed by atoms with Crippen molar-refractivity contribution in [3.05, 3.63) is 55.9 Å². The Labute approximate surface area is 153 Å². The fourth-order valence-corrected chi connectivity index (χ4v) is 4.11. The van der Waals surface area contributed by atoms with Crippen LogP contribution >= 0.6 is 22.9 Å². The van der Waals surface area contributed by atoms with Crippen molar-refractivity contribution in [1.29, 1.82) is 0 Å². The van der Waals surface area contributed by atoms with Gasteiger partial charge in [0.2, 0.25) is 0 Å². The number of nitrogens with zero attached hydrogens (tertiary/aromatic N) is 2. The van der Waals surface area contributed by atoms with Crippen LogP contribution in [-0.4, -0.2) is 15.5 Å². The summed E-state index contributed by atoms with van der Waals surface area (Å²) in [5, 5.41) is 3.48. The molecule has 128 valence electrons. The molecule has 0 unspecified atom stereocenters. The minimum absolute atomic E-state index is 0.0569. The Morgan fingerprint density at radius 3 is 2.84 bits per heavy atom. The lowest BCUT2D eigenvalue weighted by Gasteiger charge is -2.09. The van der Waals surface area contributed by atoms with Gasteiger partial charge < -0.3 is 5.32 Å². The number of halogens is 1. The predicted molar refractivity (Wildman–Crippen MR) is 101 cm³/mol. The first-order valence-corrected chi connectivity index (χ1v) is 9.23. The van der Waals surface area contributed by atoms with Gasteiger partial charge in [-0.15, -0.1) is 11.3 Å². The third kappa shape index (κ3) is 2.75. The standard InChI is InChI=1S/C18H16ClN3O2S/c1-9-12(19)4-3-5-13(9)21-17(23)14-10(2)25-16-15(14)20-8-22(18(16)24)11-6-7-11/h3-5,8,11H,6-7H2,1-2H3,(H,21,23). The summed E-state index contributed by atoms with van der Waals surface area (Å²) in [5.41, 5.74) is 2.33. The van der Waals surface area contributed by atoms with Gasteiger partial charge in [0, 0.05) is 21.6 Å². The van der Waals surface area contributed by atoms with Gasteiger partial charge in [-0.3, -0.25) is 14.2 Å². The first kappa shape index (κ1) is 16.3. The highest BCUT2D eigenvalue weighted by molar-refractivity contribution is 7.19. The molecule has 7 heteroatoms. The fourth-order valence-electron chi connectivity index (χ4n) is 2.90. The number of thiophene rings is 1.